The number of nitrogens with zero attached hydrogens (tertiary/aromatic N) is 8. The molecule has 12 heteroatoms. The molecule has 10 nitrogen and oxygen atoms in total. The number of halogens is 2. The Hall–Kier alpha value is -4.12. The zero-order chi connectivity index (χ0) is 24.8. The Balaban J connectivity index is 1.37. The van der Waals surface area contributed by atoms with Gasteiger partial charge in [0, 0.05) is 30.6 Å². The van der Waals surface area contributed by atoms with Crippen LogP contribution >= 0.6 is 11.6 Å². The summed E-state index contributed by atoms with van der Waals surface area (Å²) in [6.07, 6.45) is 11.4. The minimum Gasteiger partial charge on any atom is -0.504 e. The average molecular weight is 507 g/mol. The standard InChI is InChI=1S/C24H21ClFN9O/c1-33-24(21(36)11-29-33)16-10-30-34(12-16)20(8-14-2-3-14)18-6-4-15(9-27-18)22-19(35-13-28-31-32-35)7-5-17(25)23(22)26/h4-7,9-14,20,36H,2-3,8H2,1H3/p+1/t20-/m1/s1. The lowest BCUT2D eigenvalue weighted by Crippen LogP contribution is -2.33. The lowest BCUT2D eigenvalue weighted by molar-refractivity contribution is -0.659. The van der Waals surface area contributed by atoms with Crippen molar-refractivity contribution < 1.29 is 14.2 Å². The molecule has 0 amide bonds. The highest BCUT2D eigenvalue weighted by molar-refractivity contribution is 6.31. The fraction of sp³-hybridized carbons (Fsp3) is 0.250. The van der Waals surface area contributed by atoms with Crippen LogP contribution in [0.1, 0.15) is 31.0 Å². The van der Waals surface area contributed by atoms with E-state index in [1.54, 1.807) is 30.2 Å². The first-order valence-electron chi connectivity index (χ1n) is 11.5. The molecule has 4 aromatic heterocycles. The number of benzene rings is 1. The molecular formula is C24H22ClFN9O+. The van der Waals surface area contributed by atoms with Crippen LogP contribution in [0.25, 0.3) is 28.1 Å². The van der Waals surface area contributed by atoms with Crippen molar-refractivity contribution in [3.63, 3.8) is 0 Å². The molecule has 4 heterocycles. The van der Waals surface area contributed by atoms with Gasteiger partial charge in [0.1, 0.15) is 16.5 Å². The van der Waals surface area contributed by atoms with E-state index < -0.39 is 5.82 Å². The van der Waals surface area contributed by atoms with Gasteiger partial charge >= 0.3 is 0 Å². The second-order valence-corrected chi connectivity index (χ2v) is 9.34. The Morgan fingerprint density at radius 3 is 2.69 bits per heavy atom. The quantitative estimate of drug-likeness (QED) is 0.326. The topological polar surface area (TPSA) is 114 Å². The fourth-order valence-corrected chi connectivity index (χ4v) is 4.64. The lowest BCUT2D eigenvalue weighted by Gasteiger charge is -2.18. The van der Waals surface area contributed by atoms with Crippen LogP contribution in [0.4, 0.5) is 4.39 Å². The number of aromatic hydroxyl groups is 1. The van der Waals surface area contributed by atoms with Gasteiger partial charge in [-0.3, -0.25) is 14.3 Å². The lowest BCUT2D eigenvalue weighted by atomic mass is 10.0. The van der Waals surface area contributed by atoms with Gasteiger partial charge in [0.25, 0.3) is 6.33 Å². The van der Waals surface area contributed by atoms with Crippen molar-refractivity contribution in [1.29, 1.82) is 0 Å². The van der Waals surface area contributed by atoms with Crippen LogP contribution in [0.3, 0.4) is 0 Å². The van der Waals surface area contributed by atoms with Crippen molar-refractivity contribution in [2.24, 2.45) is 13.0 Å². The van der Waals surface area contributed by atoms with Crippen LogP contribution in [-0.2, 0) is 7.05 Å². The van der Waals surface area contributed by atoms with Crippen molar-refractivity contribution >= 4 is 11.6 Å². The highest BCUT2D eigenvalue weighted by Crippen LogP contribution is 2.40. The summed E-state index contributed by atoms with van der Waals surface area (Å²) in [5.74, 6) is 0.159. The summed E-state index contributed by atoms with van der Waals surface area (Å²) < 4.78 is 20.2. The van der Waals surface area contributed by atoms with E-state index in [9.17, 15) is 5.11 Å². The first-order chi connectivity index (χ1) is 17.5. The second kappa shape index (κ2) is 8.83. The molecule has 5 aromatic rings. The van der Waals surface area contributed by atoms with E-state index in [4.69, 9.17) is 16.6 Å². The molecule has 0 aliphatic heterocycles. The smallest absolute Gasteiger partial charge is 0.293 e. The number of tetrazole rings is 1. The molecule has 1 saturated carbocycles. The number of aromatic amines is 1. The molecule has 1 fully saturated rings. The van der Waals surface area contributed by atoms with E-state index in [2.05, 4.69) is 25.7 Å². The van der Waals surface area contributed by atoms with Crippen molar-refractivity contribution in [2.45, 2.75) is 25.3 Å². The van der Waals surface area contributed by atoms with E-state index >= 15 is 4.39 Å². The zero-order valence-electron chi connectivity index (χ0n) is 19.3. The van der Waals surface area contributed by atoms with Crippen LogP contribution < -0.4 is 4.68 Å². The molecule has 0 saturated heterocycles. The summed E-state index contributed by atoms with van der Waals surface area (Å²) in [4.78, 5) is 4.72. The highest BCUT2D eigenvalue weighted by atomic mass is 35.5. The predicted molar refractivity (Wildman–Crippen MR) is 128 cm³/mol. The third-order valence-corrected chi connectivity index (χ3v) is 6.79. The second-order valence-electron chi connectivity index (χ2n) is 8.93. The number of hydrogen-bond donors (Lipinski definition) is 2. The predicted octanol–water partition coefficient (Wildman–Crippen LogP) is 3.63. The Morgan fingerprint density at radius 2 is 2.03 bits per heavy atom. The minimum absolute atomic E-state index is 0.0139. The largest absolute Gasteiger partial charge is 0.504 e. The third kappa shape index (κ3) is 4.01. The van der Waals surface area contributed by atoms with E-state index in [1.807, 2.05) is 23.0 Å². The molecule has 1 aromatic carbocycles. The summed E-state index contributed by atoms with van der Waals surface area (Å²) in [6.45, 7) is 0. The van der Waals surface area contributed by atoms with Crippen molar-refractivity contribution in [3.05, 3.63) is 71.9 Å². The Kier molecular flexibility index (Phi) is 5.48. The van der Waals surface area contributed by atoms with Crippen molar-refractivity contribution in [2.75, 3.05) is 0 Å². The van der Waals surface area contributed by atoms with E-state index in [0.717, 1.165) is 17.7 Å². The van der Waals surface area contributed by atoms with Crippen LogP contribution in [0.2, 0.25) is 5.02 Å². The monoisotopic (exact) mass is 506 g/mol. The fourth-order valence-electron chi connectivity index (χ4n) is 4.48. The summed E-state index contributed by atoms with van der Waals surface area (Å²) in [5.41, 5.74) is 3.56. The van der Waals surface area contributed by atoms with Crippen LogP contribution in [0.15, 0.2) is 55.4 Å². The molecule has 2 N–H and O–H groups in total. The number of rotatable bonds is 7. The van der Waals surface area contributed by atoms with Crippen molar-refractivity contribution in [1.82, 2.24) is 40.1 Å². The molecule has 0 bridgehead atoms. The van der Waals surface area contributed by atoms with Gasteiger partial charge < -0.3 is 5.11 Å². The molecule has 182 valence electrons. The Bertz CT molecular complexity index is 1500. The molecule has 1 atom stereocenters. The molecule has 0 unspecified atom stereocenters. The maximum Gasteiger partial charge on any atom is 0.293 e. The highest BCUT2D eigenvalue weighted by Gasteiger charge is 2.29. The number of hydrogen-bond acceptors (Lipinski definition) is 6. The van der Waals surface area contributed by atoms with Gasteiger partial charge in [-0.05, 0) is 30.5 Å². The molecule has 6 rings (SSSR count). The molecular weight excluding hydrogens is 485 g/mol. The zero-order valence-corrected chi connectivity index (χ0v) is 20.0. The van der Waals surface area contributed by atoms with Gasteiger partial charge in [0.15, 0.2) is 16.8 Å². The van der Waals surface area contributed by atoms with E-state index in [0.29, 0.717) is 28.4 Å². The van der Waals surface area contributed by atoms with Crippen LogP contribution in [0, 0.1) is 11.7 Å². The summed E-state index contributed by atoms with van der Waals surface area (Å²) in [5, 5.41) is 29.1. The molecule has 0 spiro atoms. The first-order valence-corrected chi connectivity index (χ1v) is 11.8. The van der Waals surface area contributed by atoms with Crippen molar-refractivity contribution in [3.8, 4) is 33.8 Å². The minimum atomic E-state index is -0.548. The van der Waals surface area contributed by atoms with Gasteiger partial charge in [0.05, 0.1) is 34.7 Å². The number of pyridine rings is 1. The summed E-state index contributed by atoms with van der Waals surface area (Å²) in [7, 11) is 1.77. The SMILES string of the molecule is Cn1ncc(O)c1-c1cnn([C@H](CC2CC2)c2ccc(-c3c(-[n+]4cnn[nH]4)ccc(Cl)c3F)cn2)c1. The number of aryl methyl sites for hydroxylation is 1. The number of aromatic nitrogens is 9. The maximum atomic E-state index is 15.2. The van der Waals surface area contributed by atoms with E-state index in [-0.39, 0.29) is 16.8 Å². The molecule has 0 radical (unpaired) electrons. The van der Waals surface area contributed by atoms with E-state index in [1.165, 1.54) is 36.1 Å². The van der Waals surface area contributed by atoms with Gasteiger partial charge in [-0.15, -0.1) is 4.68 Å². The number of H-pyrrole nitrogens is 1. The maximum absolute atomic E-state index is 15.2. The average Bonchev–Trinajstić information content (AvgIpc) is 3.23. The number of nitrogens with one attached hydrogen (secondary N) is 1. The van der Waals surface area contributed by atoms with Gasteiger partial charge in [-0.25, -0.2) is 4.39 Å². The van der Waals surface area contributed by atoms with Gasteiger partial charge in [-0.1, -0.05) is 35.7 Å². The van der Waals surface area contributed by atoms with Crippen LogP contribution in [-0.4, -0.2) is 45.2 Å². The van der Waals surface area contributed by atoms with Crippen LogP contribution in [0.5, 0.6) is 5.75 Å². The first kappa shape index (κ1) is 22.4. The van der Waals surface area contributed by atoms with Gasteiger partial charge in [0.2, 0.25) is 0 Å². The molecule has 36 heavy (non-hydrogen) atoms. The summed E-state index contributed by atoms with van der Waals surface area (Å²) >= 11 is 6.11. The Labute approximate surface area is 210 Å². The summed E-state index contributed by atoms with van der Waals surface area (Å²) in [6, 6.07) is 6.81. The third-order valence-electron chi connectivity index (χ3n) is 6.49. The molecule has 1 aliphatic carbocycles. The normalized spacial score (nSPS) is 14.3. The Morgan fingerprint density at radius 1 is 1.17 bits per heavy atom. The molecule has 1 aliphatic rings. The van der Waals surface area contributed by atoms with Gasteiger partial charge in [-0.2, -0.15) is 10.2 Å².